The molecule has 0 spiro atoms. The van der Waals surface area contributed by atoms with E-state index in [1.165, 1.54) is 0 Å². The third-order valence-electron chi connectivity index (χ3n) is 7.87. The Bertz CT molecular complexity index is 2050. The molecule has 6 rings (SSSR count). The first kappa shape index (κ1) is 31.8. The van der Waals surface area contributed by atoms with E-state index in [1.807, 2.05) is 60.2 Å². The summed E-state index contributed by atoms with van der Waals surface area (Å²) >= 11 is 1.65. The Balaban J connectivity index is 1.39. The molecular formula is C34H29F3N2O5S2. The van der Waals surface area contributed by atoms with E-state index < -0.39 is 32.5 Å². The Morgan fingerprint density at radius 2 is 1.78 bits per heavy atom. The monoisotopic (exact) mass is 666 g/mol. The molecule has 1 aliphatic rings. The van der Waals surface area contributed by atoms with Crippen LogP contribution in [0.2, 0.25) is 0 Å². The van der Waals surface area contributed by atoms with Crippen LogP contribution in [-0.4, -0.2) is 42.9 Å². The van der Waals surface area contributed by atoms with Crippen LogP contribution in [0, 0.1) is 0 Å². The van der Waals surface area contributed by atoms with E-state index in [0.29, 0.717) is 23.1 Å². The number of oxime groups is 1. The molecule has 5 aromatic rings. The van der Waals surface area contributed by atoms with Crippen LogP contribution in [0.15, 0.2) is 106 Å². The van der Waals surface area contributed by atoms with Gasteiger partial charge < -0.3 is 9.30 Å². The number of rotatable bonds is 10. The van der Waals surface area contributed by atoms with E-state index in [2.05, 4.69) is 5.16 Å². The molecule has 46 heavy (non-hydrogen) atoms. The van der Waals surface area contributed by atoms with Crippen LogP contribution in [0.3, 0.4) is 0 Å². The van der Waals surface area contributed by atoms with Gasteiger partial charge in [0.2, 0.25) is 5.78 Å². The van der Waals surface area contributed by atoms with Crippen LogP contribution in [0.1, 0.15) is 41.3 Å². The molecule has 7 nitrogen and oxygen atoms in total. The molecule has 1 aliphatic heterocycles. The smallest absolute Gasteiger partial charge is 0.377 e. The summed E-state index contributed by atoms with van der Waals surface area (Å²) in [5.74, 6) is 0.195. The number of aryl methyl sites for hydroxylation is 1. The van der Waals surface area contributed by atoms with E-state index in [0.717, 1.165) is 65.1 Å². The minimum absolute atomic E-state index is 0.171. The predicted molar refractivity (Wildman–Crippen MR) is 172 cm³/mol. The number of aromatic nitrogens is 1. The van der Waals surface area contributed by atoms with Crippen LogP contribution >= 0.6 is 11.8 Å². The van der Waals surface area contributed by atoms with Gasteiger partial charge in [-0.25, -0.2) is 0 Å². The third kappa shape index (κ3) is 6.55. The fraction of sp³-hybridized carbons (Fsp3) is 0.235. The van der Waals surface area contributed by atoms with E-state index in [1.54, 1.807) is 30.0 Å². The molecule has 2 heterocycles. The van der Waals surface area contributed by atoms with Crippen molar-refractivity contribution in [1.82, 2.24) is 4.57 Å². The number of thioether (sulfide) groups is 1. The molecule has 238 valence electrons. The van der Waals surface area contributed by atoms with Gasteiger partial charge in [0.25, 0.3) is 0 Å². The Kier molecular flexibility index (Phi) is 8.95. The van der Waals surface area contributed by atoms with Crippen molar-refractivity contribution in [2.45, 2.75) is 48.4 Å². The summed E-state index contributed by atoms with van der Waals surface area (Å²) in [4.78, 5) is 14.7. The van der Waals surface area contributed by atoms with Crippen molar-refractivity contribution in [1.29, 1.82) is 0 Å². The minimum atomic E-state index is -4.67. The number of hydrogen-bond acceptors (Lipinski definition) is 7. The number of carbonyl (C=O) groups excluding carboxylic acids is 1. The highest BCUT2D eigenvalue weighted by Gasteiger charge is 2.31. The van der Waals surface area contributed by atoms with Gasteiger partial charge in [0.05, 0.1) is 11.7 Å². The molecule has 0 saturated carbocycles. The molecule has 0 aliphatic carbocycles. The molecule has 1 atom stereocenters. The topological polar surface area (TPSA) is 87.0 Å². The van der Waals surface area contributed by atoms with Gasteiger partial charge in [-0.3, -0.25) is 9.08 Å². The van der Waals surface area contributed by atoms with Gasteiger partial charge in [0.1, 0.15) is 4.90 Å². The second-order valence-corrected chi connectivity index (χ2v) is 13.4. The van der Waals surface area contributed by atoms with Crippen LogP contribution in [0.25, 0.3) is 21.7 Å². The molecule has 0 radical (unpaired) electrons. The number of ketones is 1. The van der Waals surface area contributed by atoms with Gasteiger partial charge in [-0.15, -0.1) is 11.8 Å². The quantitative estimate of drug-likeness (QED) is 0.0648. The number of fused-ring (bicyclic) bond motifs is 2. The number of Topliss-reactive ketones (excluding diaryl/α,β-unsaturated/α-hetero) is 1. The van der Waals surface area contributed by atoms with E-state index in [-0.39, 0.29) is 17.4 Å². The summed E-state index contributed by atoms with van der Waals surface area (Å²) in [5.41, 5.74) is 0.232. The maximum Gasteiger partial charge on any atom is 0.416 e. The molecule has 0 N–H and O–H groups in total. The highest BCUT2D eigenvalue weighted by Crippen LogP contribution is 2.34. The van der Waals surface area contributed by atoms with Gasteiger partial charge in [-0.1, -0.05) is 35.5 Å². The van der Waals surface area contributed by atoms with Gasteiger partial charge in [-0.2, -0.15) is 21.6 Å². The molecule has 0 amide bonds. The lowest BCUT2D eigenvalue weighted by Gasteiger charge is -2.14. The first-order valence-electron chi connectivity index (χ1n) is 14.6. The Morgan fingerprint density at radius 3 is 2.48 bits per heavy atom. The fourth-order valence-corrected chi connectivity index (χ4v) is 7.32. The van der Waals surface area contributed by atoms with Crippen molar-refractivity contribution in [3.05, 3.63) is 108 Å². The summed E-state index contributed by atoms with van der Waals surface area (Å²) < 4.78 is 78.0. The predicted octanol–water partition coefficient (Wildman–Crippen LogP) is 8.10. The van der Waals surface area contributed by atoms with Crippen LogP contribution in [0.5, 0.6) is 0 Å². The van der Waals surface area contributed by atoms with Crippen molar-refractivity contribution in [2.75, 3.05) is 12.4 Å². The molecule has 1 fully saturated rings. The summed E-state index contributed by atoms with van der Waals surface area (Å²) in [6.45, 7) is 3.48. The number of carbonyl (C=O) groups is 1. The zero-order valence-corrected chi connectivity index (χ0v) is 26.3. The number of ether oxygens (including phenoxy) is 1. The number of benzene rings is 4. The van der Waals surface area contributed by atoms with Crippen molar-refractivity contribution in [3.8, 4) is 0 Å². The molecule has 1 saturated heterocycles. The van der Waals surface area contributed by atoms with Crippen molar-refractivity contribution < 1.29 is 35.4 Å². The van der Waals surface area contributed by atoms with E-state index in [4.69, 9.17) is 9.02 Å². The molecule has 1 unspecified atom stereocenters. The second-order valence-electron chi connectivity index (χ2n) is 10.8. The first-order chi connectivity index (χ1) is 22.0. The lowest BCUT2D eigenvalue weighted by Crippen LogP contribution is -2.18. The zero-order chi connectivity index (χ0) is 32.5. The SMILES string of the molecule is CCn1ccc2cc(/C(=N\OS(=O)(=O)c3ccc(C(F)(F)F)cc3)C(=O)c3ccc(SCC4CCCO4)c4ccccc34)ccc21. The second kappa shape index (κ2) is 12.9. The molecule has 0 bridgehead atoms. The van der Waals surface area contributed by atoms with Gasteiger partial charge >= 0.3 is 16.3 Å². The Morgan fingerprint density at radius 1 is 1.02 bits per heavy atom. The van der Waals surface area contributed by atoms with Gasteiger partial charge in [0, 0.05) is 52.0 Å². The molecule has 1 aromatic heterocycles. The van der Waals surface area contributed by atoms with Crippen molar-refractivity contribution in [2.24, 2.45) is 5.16 Å². The highest BCUT2D eigenvalue weighted by molar-refractivity contribution is 7.99. The largest absolute Gasteiger partial charge is 0.416 e. The normalized spacial score (nSPS) is 15.9. The molecule has 4 aromatic carbocycles. The summed E-state index contributed by atoms with van der Waals surface area (Å²) in [7, 11) is -4.67. The van der Waals surface area contributed by atoms with E-state index >= 15 is 0 Å². The number of halogens is 3. The standard InChI is InChI=1S/C34H29F3N2O5S2/c1-2-39-18-17-22-20-23(9-15-30(22)39)32(38-44-46(41,42)26-12-10-24(11-13-26)34(35,36)37)33(40)29-14-16-31(28-8-4-3-7-27(28)29)45-21-25-6-5-19-43-25/h3-4,7-18,20,25H,2,5-6,19,21H2,1H3/b38-32+. The van der Waals surface area contributed by atoms with Crippen molar-refractivity contribution >= 4 is 55.1 Å². The third-order valence-corrected chi connectivity index (χ3v) is 10.2. The lowest BCUT2D eigenvalue weighted by molar-refractivity contribution is -0.137. The maximum absolute atomic E-state index is 14.3. The van der Waals surface area contributed by atoms with Crippen LogP contribution in [0.4, 0.5) is 13.2 Å². The maximum atomic E-state index is 14.3. The Hall–Kier alpha value is -4.13. The van der Waals surface area contributed by atoms with Gasteiger partial charge in [-0.05, 0) is 85.1 Å². The first-order valence-corrected chi connectivity index (χ1v) is 17.0. The number of alkyl halides is 3. The number of nitrogens with zero attached hydrogens (tertiary/aromatic N) is 2. The fourth-order valence-electron chi connectivity index (χ4n) is 5.47. The summed E-state index contributed by atoms with van der Waals surface area (Å²) in [6, 6.07) is 20.9. The summed E-state index contributed by atoms with van der Waals surface area (Å²) in [5, 5.41) is 6.18. The highest BCUT2D eigenvalue weighted by atomic mass is 32.2. The zero-order valence-electron chi connectivity index (χ0n) is 24.7. The minimum Gasteiger partial charge on any atom is -0.377 e. The van der Waals surface area contributed by atoms with Crippen LogP contribution in [-0.2, 0) is 31.9 Å². The van der Waals surface area contributed by atoms with E-state index in [9.17, 15) is 26.4 Å². The average molecular weight is 667 g/mol. The number of hydrogen-bond donors (Lipinski definition) is 0. The van der Waals surface area contributed by atoms with Gasteiger partial charge in [0.15, 0.2) is 5.71 Å². The van der Waals surface area contributed by atoms with Crippen LogP contribution < -0.4 is 0 Å². The average Bonchev–Trinajstić information content (AvgIpc) is 3.73. The molecule has 12 heteroatoms. The Labute approximate surface area is 268 Å². The lowest BCUT2D eigenvalue weighted by atomic mass is 9.95. The summed E-state index contributed by atoms with van der Waals surface area (Å²) in [6.07, 6.45) is -0.531. The molecular weight excluding hydrogens is 638 g/mol. The van der Waals surface area contributed by atoms with Crippen molar-refractivity contribution in [3.63, 3.8) is 0 Å².